The highest BCUT2D eigenvalue weighted by molar-refractivity contribution is 8.77. The van der Waals surface area contributed by atoms with Crippen molar-refractivity contribution < 1.29 is 56.5 Å². The van der Waals surface area contributed by atoms with Crippen LogP contribution in [0.2, 0.25) is 36.3 Å². The number of carbonyl (C=O) groups is 4. The predicted octanol–water partition coefficient (Wildman–Crippen LogP) is 14.1. The molecule has 2 N–H and O–H groups in total. The van der Waals surface area contributed by atoms with Gasteiger partial charge in [-0.1, -0.05) is 101 Å². The minimum absolute atomic E-state index is 0.00598. The van der Waals surface area contributed by atoms with E-state index < -0.39 is 34.4 Å². The lowest BCUT2D eigenvalue weighted by molar-refractivity contribution is 0.0634. The molecular weight excluding hydrogens is 1060 g/mol. The fourth-order valence-corrected chi connectivity index (χ4v) is 13.4. The molecule has 2 aliphatic heterocycles. The number of amides is 4. The van der Waals surface area contributed by atoms with Gasteiger partial charge in [0, 0.05) is 31.0 Å². The lowest BCUT2D eigenvalue weighted by Crippen LogP contribution is -2.46. The zero-order chi connectivity index (χ0) is 58.0. The number of unbranched alkanes of at least 4 members (excludes halogenated alkanes) is 2. The van der Waals surface area contributed by atoms with Gasteiger partial charge in [0.15, 0.2) is 39.6 Å². The smallest absolute Gasteiger partial charge is 0.412 e. The molecular formula is C58H92N4O12S2Si2. The number of anilines is 2. The number of nitrogens with zero attached hydrogens (tertiary/aromatic N) is 2. The van der Waals surface area contributed by atoms with Gasteiger partial charge in [-0.25, -0.2) is 9.59 Å². The molecule has 0 unspecified atom stereocenters. The van der Waals surface area contributed by atoms with Crippen molar-refractivity contribution in [2.45, 2.75) is 179 Å². The van der Waals surface area contributed by atoms with Crippen LogP contribution in [0.25, 0.3) is 0 Å². The van der Waals surface area contributed by atoms with Crippen LogP contribution < -0.4 is 29.6 Å². The van der Waals surface area contributed by atoms with Crippen LogP contribution in [0.5, 0.6) is 23.0 Å². The van der Waals surface area contributed by atoms with Crippen molar-refractivity contribution in [2.75, 3.05) is 76.7 Å². The van der Waals surface area contributed by atoms with E-state index in [0.717, 1.165) is 36.2 Å². The summed E-state index contributed by atoms with van der Waals surface area (Å²) in [5.41, 5.74) is 1.99. The first-order valence-corrected chi connectivity index (χ1v) is 35.6. The van der Waals surface area contributed by atoms with Crippen molar-refractivity contribution >= 4 is 73.6 Å². The Labute approximate surface area is 476 Å². The average Bonchev–Trinajstić information content (AvgIpc) is 3.91. The Morgan fingerprint density at radius 1 is 0.667 bits per heavy atom. The van der Waals surface area contributed by atoms with Gasteiger partial charge >= 0.3 is 12.2 Å². The summed E-state index contributed by atoms with van der Waals surface area (Å²) in [6, 6.07) is 5.99. The van der Waals surface area contributed by atoms with Gasteiger partial charge in [-0.3, -0.25) is 20.2 Å². The Bertz CT molecular complexity index is 2460. The number of benzene rings is 2. The molecule has 3 fully saturated rings. The van der Waals surface area contributed by atoms with Crippen LogP contribution in [0.1, 0.15) is 141 Å². The van der Waals surface area contributed by atoms with Crippen LogP contribution in [0.3, 0.4) is 0 Å². The molecule has 2 saturated heterocycles. The summed E-state index contributed by atoms with van der Waals surface area (Å²) >= 11 is 0. The Balaban J connectivity index is 1.30. The fourth-order valence-electron chi connectivity index (χ4n) is 8.61. The number of likely N-dealkylation sites (tertiary alicyclic amines) is 2. The van der Waals surface area contributed by atoms with E-state index in [1.807, 2.05) is 0 Å². The third kappa shape index (κ3) is 17.3. The molecule has 2 aromatic rings. The second-order valence-electron chi connectivity index (χ2n) is 24.9. The third-order valence-corrected chi connectivity index (χ3v) is 27.8. The topological polar surface area (TPSA) is 173 Å². The number of rotatable bonds is 25. The Morgan fingerprint density at radius 3 is 1.47 bits per heavy atom. The molecule has 1 saturated carbocycles. The van der Waals surface area contributed by atoms with E-state index in [-0.39, 0.29) is 81.0 Å². The predicted molar refractivity (Wildman–Crippen MR) is 321 cm³/mol. The number of hydrogen-bond acceptors (Lipinski definition) is 14. The molecule has 2 heterocycles. The fraction of sp³-hybridized carbons (Fsp3) is 0.655. The van der Waals surface area contributed by atoms with E-state index in [9.17, 15) is 19.2 Å². The lowest BCUT2D eigenvalue weighted by Gasteiger charge is -2.39. The monoisotopic (exact) mass is 1160 g/mol. The molecule has 4 amide bonds. The minimum atomic E-state index is -2.13. The molecule has 16 nitrogen and oxygen atoms in total. The molecule has 3 aliphatic rings. The van der Waals surface area contributed by atoms with E-state index in [0.29, 0.717) is 81.4 Å². The van der Waals surface area contributed by atoms with Gasteiger partial charge in [-0.05, 0) is 114 Å². The summed E-state index contributed by atoms with van der Waals surface area (Å²) in [6.07, 6.45) is 4.81. The van der Waals surface area contributed by atoms with Gasteiger partial charge < -0.3 is 47.1 Å². The van der Waals surface area contributed by atoms with Gasteiger partial charge in [-0.15, -0.1) is 0 Å². The molecule has 436 valence electrons. The van der Waals surface area contributed by atoms with Crippen molar-refractivity contribution in [3.63, 3.8) is 0 Å². The van der Waals surface area contributed by atoms with Crippen molar-refractivity contribution in [3.8, 4) is 23.0 Å². The number of hydrogen-bond donors (Lipinski definition) is 2. The highest BCUT2D eigenvalue weighted by atomic mass is 33.1. The zero-order valence-electron chi connectivity index (χ0n) is 49.8. The van der Waals surface area contributed by atoms with E-state index in [2.05, 4.69) is 98.4 Å². The average molecular weight is 1160 g/mol. The second kappa shape index (κ2) is 26.9. The maximum Gasteiger partial charge on any atom is 0.412 e. The summed E-state index contributed by atoms with van der Waals surface area (Å²) in [6.45, 7) is 40.1. The van der Waals surface area contributed by atoms with Gasteiger partial charge in [-0.2, -0.15) is 0 Å². The van der Waals surface area contributed by atoms with E-state index >= 15 is 0 Å². The summed E-state index contributed by atoms with van der Waals surface area (Å²) in [7, 11) is 2.32. The number of ether oxygens (including phenoxy) is 6. The number of carbonyl (C=O) groups excluding carboxylic acids is 4. The highest BCUT2D eigenvalue weighted by Gasteiger charge is 2.43. The molecule has 20 heteroatoms. The minimum Gasteiger partial charge on any atom is -0.493 e. The van der Waals surface area contributed by atoms with Crippen molar-refractivity contribution in [3.05, 3.63) is 59.7 Å². The first kappa shape index (κ1) is 64.5. The highest BCUT2D eigenvalue weighted by Crippen LogP contribution is 2.50. The number of nitrogens with one attached hydrogen (secondary N) is 2. The SMILES string of the molecule is C=C1C[C@@H](CO[Si](C)(C)C(C)(C)C)N(C(=O)c2cc(OC)c(OCCCCCOc3cc(NC(=O)OC(C)(C)C)c(C(=O)N4CC(=C)C[C@H]4CO[Si](C)(C)C(C)(C)C)cc3OC)cc2NC(=O)OCC2(SSCC)CCC2)C1. The van der Waals surface area contributed by atoms with Crippen LogP contribution in [0.4, 0.5) is 21.0 Å². The molecule has 78 heavy (non-hydrogen) atoms. The zero-order valence-corrected chi connectivity index (χ0v) is 53.4. The number of methoxy groups -OCH3 is 2. The van der Waals surface area contributed by atoms with Gasteiger partial charge in [0.05, 0.1) is 80.0 Å². The molecule has 0 spiro atoms. The maximum atomic E-state index is 14.7. The molecule has 2 atom stereocenters. The maximum absolute atomic E-state index is 14.7. The Hall–Kier alpha value is -4.35. The standard InChI is InChI=1S/C58H92N4O12S2Si2/c1-19-75-76-58(24-23-25-58)38-71-53(65)59-45-32-49(47(67-13)30-43(45)51(63)61-34-39(2)28-41(61)36-72-77(15,16)56(7,8)9)69-26-21-20-22-27-70-50-33-46(60-54(66)74-55(4,5)6)44(31-48(50)68-14)52(64)62-35-40(3)29-42(62)37-73-78(17,18)57(10,11)12/h30-33,41-42H,2-3,19-29,34-38H2,1,4-18H3,(H,59,65)(H,60,66)/t41-,42-/m0/s1. The third-order valence-electron chi connectivity index (χ3n) is 15.5. The molecule has 5 rings (SSSR count). The Morgan fingerprint density at radius 2 is 1.10 bits per heavy atom. The van der Waals surface area contributed by atoms with Crippen molar-refractivity contribution in [1.82, 2.24) is 9.80 Å². The summed E-state index contributed by atoms with van der Waals surface area (Å²) in [5, 5.41) is 5.70. The largest absolute Gasteiger partial charge is 0.493 e. The van der Waals surface area contributed by atoms with Crippen molar-refractivity contribution in [2.24, 2.45) is 0 Å². The van der Waals surface area contributed by atoms with Gasteiger partial charge in [0.1, 0.15) is 12.2 Å². The van der Waals surface area contributed by atoms with Crippen LogP contribution in [-0.2, 0) is 18.3 Å². The quantitative estimate of drug-likeness (QED) is 0.0416. The normalized spacial score (nSPS) is 17.8. The van der Waals surface area contributed by atoms with E-state index in [1.54, 1.807) is 76.4 Å². The molecule has 1 aliphatic carbocycles. The summed E-state index contributed by atoms with van der Waals surface area (Å²) in [5.74, 6) is 1.72. The first-order valence-electron chi connectivity index (χ1n) is 27.5. The van der Waals surface area contributed by atoms with E-state index in [4.69, 9.17) is 37.3 Å². The van der Waals surface area contributed by atoms with Crippen LogP contribution >= 0.6 is 21.6 Å². The molecule has 0 radical (unpaired) electrons. The van der Waals surface area contributed by atoms with E-state index in [1.165, 1.54) is 14.2 Å². The summed E-state index contributed by atoms with van der Waals surface area (Å²) in [4.78, 5) is 59.7. The second-order valence-corrected chi connectivity index (χ2v) is 37.6. The van der Waals surface area contributed by atoms with Crippen molar-refractivity contribution in [1.29, 1.82) is 0 Å². The Kier molecular flexibility index (Phi) is 22.3. The first-order chi connectivity index (χ1) is 36.3. The molecule has 0 aromatic heterocycles. The summed E-state index contributed by atoms with van der Waals surface area (Å²) < 4.78 is 48.8. The van der Waals surface area contributed by atoms with Crippen LogP contribution in [-0.4, -0.2) is 139 Å². The lowest BCUT2D eigenvalue weighted by atomic mass is 9.85. The van der Waals surface area contributed by atoms with Crippen LogP contribution in [0.15, 0.2) is 48.6 Å². The molecule has 2 aromatic carbocycles. The van der Waals surface area contributed by atoms with Gasteiger partial charge in [0.2, 0.25) is 0 Å². The molecule has 0 bridgehead atoms. The van der Waals surface area contributed by atoms with Crippen LogP contribution in [0, 0.1) is 0 Å². The van der Waals surface area contributed by atoms with Gasteiger partial charge in [0.25, 0.3) is 11.8 Å².